The second-order valence-electron chi connectivity index (χ2n) is 6.91. The molecule has 3 heterocycles. The number of aromatic amines is 1. The summed E-state index contributed by atoms with van der Waals surface area (Å²) in [4.78, 5) is 19.5. The molecule has 1 aliphatic carbocycles. The molecule has 8 nitrogen and oxygen atoms in total. The maximum absolute atomic E-state index is 13.3. The predicted octanol–water partition coefficient (Wildman–Crippen LogP) is 2.33. The van der Waals surface area contributed by atoms with Crippen molar-refractivity contribution in [3.8, 4) is 5.75 Å². The first kappa shape index (κ1) is 21.6. The van der Waals surface area contributed by atoms with Gasteiger partial charge < -0.3 is 0 Å². The summed E-state index contributed by atoms with van der Waals surface area (Å²) in [5, 5.41) is 18.8. The van der Waals surface area contributed by atoms with Crippen LogP contribution in [-0.4, -0.2) is 42.9 Å². The monoisotopic (exact) mass is 451 g/mol. The van der Waals surface area contributed by atoms with E-state index in [-0.39, 0.29) is 16.4 Å². The number of ether oxygens (including phenoxy) is 1. The van der Waals surface area contributed by atoms with Crippen LogP contribution in [0.1, 0.15) is 47.5 Å². The van der Waals surface area contributed by atoms with Gasteiger partial charge in [-0.3, -0.25) is 0 Å². The Balaban J connectivity index is 1.73. The van der Waals surface area contributed by atoms with E-state index in [4.69, 9.17) is 9.84 Å². The van der Waals surface area contributed by atoms with Gasteiger partial charge in [-0.2, -0.15) is 0 Å². The summed E-state index contributed by atoms with van der Waals surface area (Å²) < 4.78 is 45.8. The van der Waals surface area contributed by atoms with Crippen molar-refractivity contribution in [2.45, 2.75) is 37.6 Å². The molecule has 4 rings (SSSR count). The quantitative estimate of drug-likeness (QED) is 0.549. The van der Waals surface area contributed by atoms with Gasteiger partial charge in [0.05, 0.1) is 0 Å². The fraction of sp³-hybridized carbons (Fsp3) is 0.389. The van der Waals surface area contributed by atoms with Gasteiger partial charge in [0.2, 0.25) is 0 Å². The number of aliphatic hydroxyl groups is 2. The Morgan fingerprint density at radius 1 is 1.35 bits per heavy atom. The van der Waals surface area contributed by atoms with Crippen molar-refractivity contribution in [2.24, 2.45) is 4.99 Å². The summed E-state index contributed by atoms with van der Waals surface area (Å²) in [7, 11) is 0. The number of nitrogens with one attached hydrogen (secondary N) is 1. The van der Waals surface area contributed by atoms with E-state index in [1.807, 2.05) is 0 Å². The van der Waals surface area contributed by atoms with Crippen LogP contribution in [-0.2, 0) is 12.6 Å². The third-order valence-corrected chi connectivity index (χ3v) is 5.55. The molecule has 31 heavy (non-hydrogen) atoms. The van der Waals surface area contributed by atoms with Gasteiger partial charge >= 0.3 is 178 Å². The van der Waals surface area contributed by atoms with E-state index in [0.717, 1.165) is 35.7 Å². The molecule has 0 amide bonds. The molecule has 0 saturated heterocycles. The number of hydrogen-bond acceptors (Lipinski definition) is 8. The molecule has 0 spiro atoms. The number of pyridine rings is 1. The molecule has 0 aromatic carbocycles. The topological polar surface area (TPSA) is 117 Å². The van der Waals surface area contributed by atoms with Crippen LogP contribution in [0.3, 0.4) is 0 Å². The van der Waals surface area contributed by atoms with E-state index in [9.17, 15) is 18.3 Å². The summed E-state index contributed by atoms with van der Waals surface area (Å²) in [5.74, 6) is -0.172. The second-order valence-corrected chi connectivity index (χ2v) is 7.76. The number of rotatable bonds is 5. The van der Waals surface area contributed by atoms with Crippen molar-refractivity contribution in [3.05, 3.63) is 52.0 Å². The Hall–Kier alpha value is -2.64. The Morgan fingerprint density at radius 3 is 2.97 bits per heavy atom. The van der Waals surface area contributed by atoms with Crippen LogP contribution in [0.25, 0.3) is 0 Å². The van der Waals surface area contributed by atoms with E-state index in [0.29, 0.717) is 23.9 Å². The number of alkyl halides is 3. The molecule has 2 atom stereocenters. The molecule has 3 N–H and O–H groups in total. The second kappa shape index (κ2) is 8.85. The summed E-state index contributed by atoms with van der Waals surface area (Å²) >= 11 is 1.11. The molecular formula is C18H17BF3N5O3S. The molecule has 2 unspecified atom stereocenters. The standard InChI is InChI=1S/C18H17BF3N5O3S/c20-18(21,22)10-4-13(30-12-3-1-2-9-5-23-8-25-14(9)12)16(24-6-10)27-17-26-15(19-31-17)11(29)7-28/h4-6,8,11-12,28-29H,1-3,7H2,(H,24,26,27). The average Bonchev–Trinajstić information content (AvgIpc) is 3.22. The molecule has 1 aliphatic rings. The first-order chi connectivity index (χ1) is 14.8. The summed E-state index contributed by atoms with van der Waals surface area (Å²) in [5.41, 5.74) is 0.914. The van der Waals surface area contributed by atoms with Crippen molar-refractivity contribution < 1.29 is 28.1 Å². The van der Waals surface area contributed by atoms with Crippen LogP contribution >= 0.6 is 11.2 Å². The Morgan fingerprint density at radius 2 is 2.19 bits per heavy atom. The van der Waals surface area contributed by atoms with Crippen LogP contribution in [0, 0.1) is 0 Å². The molecule has 162 valence electrons. The summed E-state index contributed by atoms with van der Waals surface area (Å²) in [6.07, 6.45) is 1.19. The number of aliphatic hydroxyl groups excluding tert-OH is 2. The Labute approximate surface area is 178 Å². The van der Waals surface area contributed by atoms with Crippen LogP contribution in [0.5, 0.6) is 5.75 Å². The normalized spacial score (nSPS) is 17.8. The van der Waals surface area contributed by atoms with Crippen LogP contribution in [0.15, 0.2) is 29.8 Å². The summed E-state index contributed by atoms with van der Waals surface area (Å²) in [6, 6.07) is 0.873. The van der Waals surface area contributed by atoms with Gasteiger partial charge in [0.15, 0.2) is 0 Å². The number of aryl methyl sites for hydroxylation is 1. The van der Waals surface area contributed by atoms with Crippen molar-refractivity contribution >= 4 is 23.2 Å². The fourth-order valence-corrected chi connectivity index (χ4v) is 3.98. The molecule has 13 heteroatoms. The molecule has 0 bridgehead atoms. The molecule has 3 aromatic rings. The fourth-order valence-electron chi connectivity index (χ4n) is 3.21. The van der Waals surface area contributed by atoms with Crippen LogP contribution < -0.4 is 9.54 Å². The van der Waals surface area contributed by atoms with Gasteiger partial charge in [0.1, 0.15) is 0 Å². The minimum atomic E-state index is -4.59. The maximum atomic E-state index is 13.3. The van der Waals surface area contributed by atoms with Crippen molar-refractivity contribution in [3.63, 3.8) is 0 Å². The van der Waals surface area contributed by atoms with Crippen molar-refractivity contribution in [1.82, 2.24) is 19.9 Å². The van der Waals surface area contributed by atoms with E-state index >= 15 is 0 Å². The zero-order chi connectivity index (χ0) is 22.0. The SMILES string of the molecule is OCC(O)c1bs/c(=N\c2ncc(C(F)(F)F)cc2OC2CCCc3cncnc32)[nH]1. The van der Waals surface area contributed by atoms with Crippen LogP contribution in [0.4, 0.5) is 19.0 Å². The molecular weight excluding hydrogens is 434 g/mol. The molecule has 0 fully saturated rings. The Bertz CT molecular complexity index is 1140. The number of fused-ring (bicyclic) bond motifs is 1. The molecule has 3 aromatic heterocycles. The number of halogens is 3. The molecule has 0 saturated carbocycles. The van der Waals surface area contributed by atoms with E-state index in [1.165, 1.54) is 6.33 Å². The number of aromatic nitrogens is 4. The molecule has 0 radical (unpaired) electrons. The van der Waals surface area contributed by atoms with Gasteiger partial charge in [-0.25, -0.2) is 0 Å². The van der Waals surface area contributed by atoms with E-state index < -0.39 is 30.6 Å². The minimum absolute atomic E-state index is 0.0442. The van der Waals surface area contributed by atoms with Gasteiger partial charge in [-0.1, -0.05) is 0 Å². The van der Waals surface area contributed by atoms with E-state index in [2.05, 4.69) is 24.9 Å². The Kier molecular flexibility index (Phi) is 6.16. The van der Waals surface area contributed by atoms with Crippen LogP contribution in [0.2, 0.25) is 0 Å². The zero-order valence-electron chi connectivity index (χ0n) is 16.0. The molecule has 0 aliphatic heterocycles. The van der Waals surface area contributed by atoms with Crippen molar-refractivity contribution in [1.29, 1.82) is 0 Å². The number of nitrogens with zero attached hydrogens (tertiary/aromatic N) is 4. The third-order valence-electron chi connectivity index (χ3n) is 4.76. The zero-order valence-corrected chi connectivity index (χ0v) is 16.8. The van der Waals surface area contributed by atoms with Crippen molar-refractivity contribution in [2.75, 3.05) is 6.61 Å². The van der Waals surface area contributed by atoms with Gasteiger partial charge in [0.25, 0.3) is 0 Å². The third kappa shape index (κ3) is 4.83. The first-order valence-electron chi connectivity index (χ1n) is 9.39. The first-order valence-corrected chi connectivity index (χ1v) is 10.3. The predicted molar refractivity (Wildman–Crippen MR) is 105 cm³/mol. The van der Waals surface area contributed by atoms with Gasteiger partial charge in [-0.15, -0.1) is 0 Å². The number of H-pyrrole nitrogens is 1. The van der Waals surface area contributed by atoms with Gasteiger partial charge in [-0.05, 0) is 0 Å². The van der Waals surface area contributed by atoms with E-state index in [1.54, 1.807) is 12.4 Å². The average molecular weight is 451 g/mol. The number of hydrogen-bond donors (Lipinski definition) is 3. The van der Waals surface area contributed by atoms with Gasteiger partial charge in [0, 0.05) is 0 Å². The summed E-state index contributed by atoms with van der Waals surface area (Å²) in [6.45, 7) is -0.484.